The molecular weight excluding hydrogens is 200 g/mol. The first kappa shape index (κ1) is 15.9. The number of amides is 1. The Bertz CT molecular complexity index is 209. The number of hydrogen-bond acceptors (Lipinski definition) is 2. The minimum atomic E-state index is -0.248. The van der Waals surface area contributed by atoms with Crippen LogP contribution in [-0.2, 0) is 4.79 Å². The van der Waals surface area contributed by atoms with Gasteiger partial charge in [-0.2, -0.15) is 0 Å². The van der Waals surface area contributed by atoms with Crippen molar-refractivity contribution in [2.75, 3.05) is 0 Å². The maximum absolute atomic E-state index is 11.2. The van der Waals surface area contributed by atoms with Crippen molar-refractivity contribution in [1.29, 1.82) is 0 Å². The number of hydrogen-bond donors (Lipinski definition) is 2. The van der Waals surface area contributed by atoms with E-state index in [9.17, 15) is 4.79 Å². The highest BCUT2D eigenvalue weighted by molar-refractivity contribution is 5.92. The summed E-state index contributed by atoms with van der Waals surface area (Å²) in [6.07, 6.45) is 0.756. The van der Waals surface area contributed by atoms with Gasteiger partial charge in [0.05, 0.1) is 0 Å². The Morgan fingerprint density at radius 3 is 2.29 bits per heavy atom. The van der Waals surface area contributed by atoms with Crippen molar-refractivity contribution >= 4 is 18.3 Å². The highest BCUT2D eigenvalue weighted by Crippen LogP contribution is 2.07. The molecule has 84 valence electrons. The molecule has 0 aliphatic rings. The predicted molar refractivity (Wildman–Crippen MR) is 62.6 cm³/mol. The van der Waals surface area contributed by atoms with Crippen LogP contribution in [0.3, 0.4) is 0 Å². The molecule has 0 heterocycles. The SMILES string of the molecule is C=C(C)C(=O)NC(C)CC(C)(C)N.Cl. The molecule has 3 nitrogen and oxygen atoms in total. The minimum absolute atomic E-state index is 0. The molecule has 14 heavy (non-hydrogen) atoms. The molecule has 0 spiro atoms. The molecule has 3 N–H and O–H groups in total. The van der Waals surface area contributed by atoms with Crippen LogP contribution in [0.5, 0.6) is 0 Å². The fourth-order valence-corrected chi connectivity index (χ4v) is 1.19. The molecule has 0 rings (SSSR count). The van der Waals surface area contributed by atoms with Gasteiger partial charge in [-0.15, -0.1) is 12.4 Å². The van der Waals surface area contributed by atoms with Crippen molar-refractivity contribution in [1.82, 2.24) is 5.32 Å². The fourth-order valence-electron chi connectivity index (χ4n) is 1.19. The van der Waals surface area contributed by atoms with Gasteiger partial charge in [0.25, 0.3) is 0 Å². The first-order valence-electron chi connectivity index (χ1n) is 4.47. The maximum atomic E-state index is 11.2. The Kier molecular flexibility index (Phi) is 6.86. The zero-order valence-electron chi connectivity index (χ0n) is 9.39. The van der Waals surface area contributed by atoms with Gasteiger partial charge in [-0.1, -0.05) is 6.58 Å². The van der Waals surface area contributed by atoms with E-state index < -0.39 is 0 Å². The van der Waals surface area contributed by atoms with Crippen LogP contribution in [0.4, 0.5) is 0 Å². The van der Waals surface area contributed by atoms with E-state index in [-0.39, 0.29) is 29.9 Å². The monoisotopic (exact) mass is 220 g/mol. The Labute approximate surface area is 92.5 Å². The first-order chi connectivity index (χ1) is 5.72. The molecule has 0 aromatic carbocycles. The highest BCUT2D eigenvalue weighted by atomic mass is 35.5. The number of halogens is 1. The van der Waals surface area contributed by atoms with E-state index in [1.165, 1.54) is 0 Å². The maximum Gasteiger partial charge on any atom is 0.246 e. The second-order valence-electron chi connectivity index (χ2n) is 4.35. The molecule has 0 saturated carbocycles. The van der Waals surface area contributed by atoms with E-state index in [0.717, 1.165) is 6.42 Å². The molecule has 4 heteroatoms. The van der Waals surface area contributed by atoms with E-state index >= 15 is 0 Å². The average Bonchev–Trinajstić information content (AvgIpc) is 1.81. The van der Waals surface area contributed by atoms with Crippen LogP contribution in [0.1, 0.15) is 34.1 Å². The van der Waals surface area contributed by atoms with Crippen molar-refractivity contribution in [2.45, 2.75) is 45.7 Å². The van der Waals surface area contributed by atoms with Gasteiger partial charge in [0.1, 0.15) is 0 Å². The fraction of sp³-hybridized carbons (Fsp3) is 0.700. The lowest BCUT2D eigenvalue weighted by Crippen LogP contribution is -2.42. The Hall–Kier alpha value is -0.540. The summed E-state index contributed by atoms with van der Waals surface area (Å²) in [5.74, 6) is -0.100. The standard InChI is InChI=1S/C10H20N2O.ClH/c1-7(2)9(13)12-8(3)6-10(4,5)11;/h8H,1,6,11H2,2-5H3,(H,12,13);1H. The molecule has 0 radical (unpaired) electrons. The highest BCUT2D eigenvalue weighted by Gasteiger charge is 2.16. The van der Waals surface area contributed by atoms with Gasteiger partial charge in [0.2, 0.25) is 5.91 Å². The number of nitrogens with two attached hydrogens (primary N) is 1. The quantitative estimate of drug-likeness (QED) is 0.708. The molecule has 1 atom stereocenters. The van der Waals surface area contributed by atoms with E-state index in [2.05, 4.69) is 11.9 Å². The summed E-state index contributed by atoms with van der Waals surface area (Å²) in [6, 6.07) is 0.0872. The Balaban J connectivity index is 0. The predicted octanol–water partition coefficient (Wildman–Crippen LogP) is 1.62. The lowest BCUT2D eigenvalue weighted by atomic mass is 9.97. The number of nitrogens with one attached hydrogen (secondary N) is 1. The first-order valence-corrected chi connectivity index (χ1v) is 4.47. The normalized spacial score (nSPS) is 12.6. The second kappa shape index (κ2) is 6.04. The molecule has 0 aliphatic heterocycles. The van der Waals surface area contributed by atoms with Crippen LogP contribution < -0.4 is 11.1 Å². The molecule has 0 fully saturated rings. The van der Waals surface area contributed by atoms with Gasteiger partial charge in [-0.25, -0.2) is 0 Å². The largest absolute Gasteiger partial charge is 0.350 e. The van der Waals surface area contributed by atoms with Gasteiger partial charge >= 0.3 is 0 Å². The summed E-state index contributed by atoms with van der Waals surface area (Å²) in [4.78, 5) is 11.2. The van der Waals surface area contributed by atoms with Crippen molar-refractivity contribution in [3.63, 3.8) is 0 Å². The molecule has 0 aliphatic carbocycles. The Morgan fingerprint density at radius 2 is 2.00 bits per heavy atom. The zero-order chi connectivity index (χ0) is 10.6. The molecular formula is C10H21ClN2O. The van der Waals surface area contributed by atoms with Crippen molar-refractivity contribution in [3.8, 4) is 0 Å². The van der Waals surface area contributed by atoms with Gasteiger partial charge in [-0.05, 0) is 34.1 Å². The third kappa shape index (κ3) is 8.08. The summed E-state index contributed by atoms with van der Waals surface area (Å²) in [5.41, 5.74) is 6.10. The summed E-state index contributed by atoms with van der Waals surface area (Å²) >= 11 is 0. The summed E-state index contributed by atoms with van der Waals surface area (Å²) in [6.45, 7) is 11.1. The summed E-state index contributed by atoms with van der Waals surface area (Å²) in [5, 5.41) is 2.82. The van der Waals surface area contributed by atoms with Crippen LogP contribution in [0.2, 0.25) is 0 Å². The van der Waals surface area contributed by atoms with E-state index in [1.807, 2.05) is 20.8 Å². The molecule has 0 saturated heterocycles. The van der Waals surface area contributed by atoms with Gasteiger partial charge in [0.15, 0.2) is 0 Å². The number of carbonyl (C=O) groups is 1. The van der Waals surface area contributed by atoms with Crippen LogP contribution in [0, 0.1) is 0 Å². The van der Waals surface area contributed by atoms with Gasteiger partial charge in [-0.3, -0.25) is 4.79 Å². The third-order valence-corrected chi connectivity index (χ3v) is 1.60. The average molecular weight is 221 g/mol. The van der Waals surface area contributed by atoms with Crippen molar-refractivity contribution in [3.05, 3.63) is 12.2 Å². The Morgan fingerprint density at radius 1 is 1.57 bits per heavy atom. The van der Waals surface area contributed by atoms with E-state index in [4.69, 9.17) is 5.73 Å². The van der Waals surface area contributed by atoms with Crippen LogP contribution in [0.25, 0.3) is 0 Å². The van der Waals surface area contributed by atoms with Gasteiger partial charge in [0, 0.05) is 17.2 Å². The summed E-state index contributed by atoms with van der Waals surface area (Å²) < 4.78 is 0. The second-order valence-corrected chi connectivity index (χ2v) is 4.35. The van der Waals surface area contributed by atoms with E-state index in [0.29, 0.717) is 5.57 Å². The zero-order valence-corrected chi connectivity index (χ0v) is 10.2. The molecule has 1 unspecified atom stereocenters. The lowest BCUT2D eigenvalue weighted by Gasteiger charge is -2.23. The van der Waals surface area contributed by atoms with Crippen LogP contribution in [-0.4, -0.2) is 17.5 Å². The number of carbonyl (C=O) groups excluding carboxylic acids is 1. The van der Waals surface area contributed by atoms with Crippen LogP contribution in [0.15, 0.2) is 12.2 Å². The molecule has 1 amide bonds. The topological polar surface area (TPSA) is 55.1 Å². The molecule has 0 aromatic rings. The molecule has 0 bridgehead atoms. The van der Waals surface area contributed by atoms with Crippen molar-refractivity contribution < 1.29 is 4.79 Å². The van der Waals surface area contributed by atoms with Gasteiger partial charge < -0.3 is 11.1 Å². The lowest BCUT2D eigenvalue weighted by molar-refractivity contribution is -0.118. The number of rotatable bonds is 4. The smallest absolute Gasteiger partial charge is 0.246 e. The summed E-state index contributed by atoms with van der Waals surface area (Å²) in [7, 11) is 0. The third-order valence-electron chi connectivity index (χ3n) is 1.60. The van der Waals surface area contributed by atoms with Crippen molar-refractivity contribution in [2.24, 2.45) is 5.73 Å². The van der Waals surface area contributed by atoms with E-state index in [1.54, 1.807) is 6.92 Å². The van der Waals surface area contributed by atoms with Crippen LogP contribution >= 0.6 is 12.4 Å². The minimum Gasteiger partial charge on any atom is -0.350 e. The molecule has 0 aromatic heterocycles.